The number of nitrogens with zero attached hydrogens (tertiary/aromatic N) is 2. The van der Waals surface area contributed by atoms with Gasteiger partial charge in [0, 0.05) is 44.7 Å². The highest BCUT2D eigenvalue weighted by Crippen LogP contribution is 2.15. The second kappa shape index (κ2) is 7.56. The molecule has 2 fully saturated rings. The summed E-state index contributed by atoms with van der Waals surface area (Å²) in [6, 6.07) is 0. The maximum absolute atomic E-state index is 12.3. The van der Waals surface area contributed by atoms with Crippen molar-refractivity contribution in [2.24, 2.45) is 5.73 Å². The van der Waals surface area contributed by atoms with Crippen molar-refractivity contribution in [3.05, 3.63) is 0 Å². The first-order valence-electron chi connectivity index (χ1n) is 8.35. The molecule has 122 valence electrons. The Morgan fingerprint density at radius 2 is 2.05 bits per heavy atom. The van der Waals surface area contributed by atoms with Crippen LogP contribution in [0.15, 0.2) is 0 Å². The van der Waals surface area contributed by atoms with Gasteiger partial charge < -0.3 is 15.4 Å². The number of hydrogen-bond donors (Lipinski definition) is 1. The number of ether oxygens (including phenoxy) is 1. The summed E-state index contributed by atoms with van der Waals surface area (Å²) >= 11 is 0. The van der Waals surface area contributed by atoms with Crippen molar-refractivity contribution in [2.75, 3.05) is 39.3 Å². The fourth-order valence-corrected chi connectivity index (χ4v) is 3.07. The van der Waals surface area contributed by atoms with Gasteiger partial charge in [-0.3, -0.25) is 9.69 Å². The predicted octanol–water partition coefficient (Wildman–Crippen LogP) is 1.22. The molecule has 21 heavy (non-hydrogen) atoms. The number of carbonyl (C=O) groups excluding carboxylic acids is 1. The van der Waals surface area contributed by atoms with E-state index in [1.165, 1.54) is 12.8 Å². The summed E-state index contributed by atoms with van der Waals surface area (Å²) < 4.78 is 5.71. The van der Waals surface area contributed by atoms with Gasteiger partial charge in [0.1, 0.15) is 0 Å². The van der Waals surface area contributed by atoms with Gasteiger partial charge >= 0.3 is 0 Å². The summed E-state index contributed by atoms with van der Waals surface area (Å²) in [5.41, 5.74) is 5.71. The van der Waals surface area contributed by atoms with Crippen LogP contribution < -0.4 is 5.73 Å². The first-order valence-corrected chi connectivity index (χ1v) is 8.35. The van der Waals surface area contributed by atoms with Gasteiger partial charge in [-0.15, -0.1) is 0 Å². The van der Waals surface area contributed by atoms with Crippen LogP contribution in [-0.4, -0.2) is 66.7 Å². The van der Waals surface area contributed by atoms with E-state index in [1.807, 2.05) is 18.7 Å². The Balaban J connectivity index is 1.73. The molecule has 2 saturated heterocycles. The van der Waals surface area contributed by atoms with Gasteiger partial charge in [0.25, 0.3) is 0 Å². The minimum Gasteiger partial charge on any atom is -0.377 e. The van der Waals surface area contributed by atoms with Crippen LogP contribution in [0.25, 0.3) is 0 Å². The van der Waals surface area contributed by atoms with Gasteiger partial charge in [0.15, 0.2) is 0 Å². The molecule has 2 heterocycles. The Hall–Kier alpha value is -0.650. The minimum absolute atomic E-state index is 0.257. The Labute approximate surface area is 128 Å². The summed E-state index contributed by atoms with van der Waals surface area (Å²) in [4.78, 5) is 16.7. The average Bonchev–Trinajstić information content (AvgIpc) is 2.80. The summed E-state index contributed by atoms with van der Waals surface area (Å²) in [6.07, 6.45) is 5.16. The summed E-state index contributed by atoms with van der Waals surface area (Å²) in [7, 11) is 0. The van der Waals surface area contributed by atoms with Gasteiger partial charge in [0.2, 0.25) is 5.91 Å². The highest BCUT2D eigenvalue weighted by molar-refractivity contribution is 5.76. The highest BCUT2D eigenvalue weighted by atomic mass is 16.5. The van der Waals surface area contributed by atoms with Crippen molar-refractivity contribution in [3.8, 4) is 0 Å². The molecule has 2 aliphatic rings. The molecule has 5 heteroatoms. The Bertz CT molecular complexity index is 335. The molecule has 0 aromatic heterocycles. The third kappa shape index (κ3) is 5.93. The van der Waals surface area contributed by atoms with Gasteiger partial charge in [0.05, 0.1) is 6.10 Å². The quantitative estimate of drug-likeness (QED) is 0.829. The maximum Gasteiger partial charge on any atom is 0.222 e. The van der Waals surface area contributed by atoms with E-state index in [2.05, 4.69) is 4.90 Å². The smallest absolute Gasteiger partial charge is 0.222 e. The lowest BCUT2D eigenvalue weighted by Crippen LogP contribution is -2.39. The van der Waals surface area contributed by atoms with E-state index in [0.717, 1.165) is 52.2 Å². The molecule has 5 nitrogen and oxygen atoms in total. The molecule has 0 radical (unpaired) electrons. The van der Waals surface area contributed by atoms with Crippen LogP contribution >= 0.6 is 0 Å². The van der Waals surface area contributed by atoms with Crippen LogP contribution in [-0.2, 0) is 9.53 Å². The van der Waals surface area contributed by atoms with Crippen LogP contribution in [0.2, 0.25) is 0 Å². The first-order chi connectivity index (χ1) is 9.94. The average molecular weight is 297 g/mol. The second-order valence-electron chi connectivity index (χ2n) is 7.16. The zero-order chi connectivity index (χ0) is 15.3. The van der Waals surface area contributed by atoms with Crippen molar-refractivity contribution in [3.63, 3.8) is 0 Å². The number of nitrogens with two attached hydrogens (primary N) is 1. The van der Waals surface area contributed by atoms with Crippen molar-refractivity contribution in [1.82, 2.24) is 9.80 Å². The zero-order valence-electron chi connectivity index (χ0n) is 13.6. The molecule has 1 unspecified atom stereocenters. The van der Waals surface area contributed by atoms with Gasteiger partial charge in [-0.1, -0.05) is 0 Å². The number of rotatable bonds is 5. The molecule has 0 aliphatic carbocycles. The molecular formula is C16H31N3O2. The van der Waals surface area contributed by atoms with Crippen LogP contribution in [0.3, 0.4) is 0 Å². The Kier molecular flexibility index (Phi) is 6.02. The number of hydrogen-bond acceptors (Lipinski definition) is 4. The van der Waals surface area contributed by atoms with E-state index in [4.69, 9.17) is 10.5 Å². The van der Waals surface area contributed by atoms with Crippen molar-refractivity contribution >= 4 is 5.91 Å². The molecule has 0 aromatic rings. The van der Waals surface area contributed by atoms with Gasteiger partial charge in [-0.2, -0.15) is 0 Å². The fourth-order valence-electron chi connectivity index (χ4n) is 3.07. The molecule has 2 N–H and O–H groups in total. The van der Waals surface area contributed by atoms with E-state index < -0.39 is 0 Å². The monoisotopic (exact) mass is 297 g/mol. The normalized spacial score (nSPS) is 25.1. The van der Waals surface area contributed by atoms with E-state index in [1.54, 1.807) is 0 Å². The molecule has 0 saturated carbocycles. The third-order valence-electron chi connectivity index (χ3n) is 4.41. The topological polar surface area (TPSA) is 58.8 Å². The molecule has 0 spiro atoms. The second-order valence-corrected chi connectivity index (χ2v) is 7.16. The maximum atomic E-state index is 12.3. The van der Waals surface area contributed by atoms with Crippen LogP contribution in [0, 0.1) is 0 Å². The van der Waals surface area contributed by atoms with E-state index >= 15 is 0 Å². The molecule has 1 amide bonds. The lowest BCUT2D eigenvalue weighted by Gasteiger charge is -2.25. The summed E-state index contributed by atoms with van der Waals surface area (Å²) in [6.45, 7) is 9.67. The molecular weight excluding hydrogens is 266 g/mol. The molecule has 0 bridgehead atoms. The SMILES string of the molecule is CC(C)(N)CCC(=O)N1CCCN(CC2CCCO2)CC1. The van der Waals surface area contributed by atoms with Gasteiger partial charge in [-0.05, 0) is 46.1 Å². The van der Waals surface area contributed by atoms with Crippen molar-refractivity contribution in [2.45, 2.75) is 57.6 Å². The molecule has 1 atom stereocenters. The summed E-state index contributed by atoms with van der Waals surface area (Å²) in [5, 5.41) is 0. The Morgan fingerprint density at radius 1 is 1.24 bits per heavy atom. The lowest BCUT2D eigenvalue weighted by atomic mass is 10.00. The molecule has 2 rings (SSSR count). The fraction of sp³-hybridized carbons (Fsp3) is 0.938. The Morgan fingerprint density at radius 3 is 2.71 bits per heavy atom. The van der Waals surface area contributed by atoms with E-state index in [-0.39, 0.29) is 11.4 Å². The van der Waals surface area contributed by atoms with Gasteiger partial charge in [-0.25, -0.2) is 0 Å². The molecule has 0 aromatic carbocycles. The predicted molar refractivity (Wildman–Crippen MR) is 84.1 cm³/mol. The van der Waals surface area contributed by atoms with Crippen LogP contribution in [0.1, 0.15) is 46.0 Å². The van der Waals surface area contributed by atoms with Crippen molar-refractivity contribution in [1.29, 1.82) is 0 Å². The summed E-state index contributed by atoms with van der Waals surface area (Å²) in [5.74, 6) is 0.257. The lowest BCUT2D eigenvalue weighted by molar-refractivity contribution is -0.131. The third-order valence-corrected chi connectivity index (χ3v) is 4.41. The largest absolute Gasteiger partial charge is 0.377 e. The number of amides is 1. The highest BCUT2D eigenvalue weighted by Gasteiger charge is 2.24. The molecule has 2 aliphatic heterocycles. The van der Waals surface area contributed by atoms with Crippen LogP contribution in [0.4, 0.5) is 0 Å². The minimum atomic E-state index is -0.257. The first kappa shape index (κ1) is 16.7. The standard InChI is InChI=1S/C16H31N3O2/c1-16(2,17)7-6-15(20)19-9-4-8-18(10-11-19)13-14-5-3-12-21-14/h14H,3-13,17H2,1-2H3. The van der Waals surface area contributed by atoms with E-state index in [9.17, 15) is 4.79 Å². The van der Waals surface area contributed by atoms with Crippen molar-refractivity contribution < 1.29 is 9.53 Å². The number of carbonyl (C=O) groups is 1. The zero-order valence-corrected chi connectivity index (χ0v) is 13.6. The van der Waals surface area contributed by atoms with Crippen LogP contribution in [0.5, 0.6) is 0 Å². The van der Waals surface area contributed by atoms with E-state index in [0.29, 0.717) is 12.5 Å².